The van der Waals surface area contributed by atoms with Crippen molar-refractivity contribution in [3.8, 4) is 0 Å². The number of rotatable bonds is 5. The van der Waals surface area contributed by atoms with E-state index in [1.54, 1.807) is 0 Å². The predicted octanol–water partition coefficient (Wildman–Crippen LogP) is 1.61. The lowest BCUT2D eigenvalue weighted by Crippen LogP contribution is -2.36. The minimum atomic E-state index is -0.208. The molecule has 0 radical (unpaired) electrons. The zero-order chi connectivity index (χ0) is 13.7. The molecule has 0 amide bonds. The Labute approximate surface area is 113 Å². The van der Waals surface area contributed by atoms with Crippen LogP contribution in [0.3, 0.4) is 0 Å². The summed E-state index contributed by atoms with van der Waals surface area (Å²) < 4.78 is 1.10. The molecule has 0 spiro atoms. The maximum absolute atomic E-state index is 12.2. The van der Waals surface area contributed by atoms with Crippen LogP contribution in [0.25, 0.3) is 0 Å². The van der Waals surface area contributed by atoms with Gasteiger partial charge in [-0.05, 0) is 19.3 Å². The highest BCUT2D eigenvalue weighted by molar-refractivity contribution is 5.25. The van der Waals surface area contributed by atoms with Crippen LogP contribution < -0.4 is 16.7 Å². The van der Waals surface area contributed by atoms with E-state index in [-0.39, 0.29) is 11.5 Å². The first kappa shape index (κ1) is 13.8. The van der Waals surface area contributed by atoms with Gasteiger partial charge >= 0.3 is 0 Å². The summed E-state index contributed by atoms with van der Waals surface area (Å²) in [5.41, 5.74) is 0.323. The molecule has 0 saturated heterocycles. The van der Waals surface area contributed by atoms with Crippen molar-refractivity contribution in [3.63, 3.8) is 0 Å². The van der Waals surface area contributed by atoms with Crippen LogP contribution in [0.4, 0.5) is 5.95 Å². The molecule has 106 valence electrons. The fraction of sp³-hybridized carbons (Fsp3) is 0.769. The van der Waals surface area contributed by atoms with Crippen molar-refractivity contribution in [1.29, 1.82) is 0 Å². The van der Waals surface area contributed by atoms with Crippen LogP contribution >= 0.6 is 0 Å². The lowest BCUT2D eigenvalue weighted by atomic mass is 9.87. The van der Waals surface area contributed by atoms with E-state index in [9.17, 15) is 4.79 Å². The van der Waals surface area contributed by atoms with Crippen molar-refractivity contribution >= 4 is 5.95 Å². The van der Waals surface area contributed by atoms with Gasteiger partial charge in [0.25, 0.3) is 5.56 Å². The van der Waals surface area contributed by atoms with E-state index < -0.39 is 0 Å². The highest BCUT2D eigenvalue weighted by Crippen LogP contribution is 2.29. The summed E-state index contributed by atoms with van der Waals surface area (Å²) in [6.07, 6.45) is 7.70. The molecule has 19 heavy (non-hydrogen) atoms. The number of nitrogens with zero attached hydrogens (tertiary/aromatic N) is 3. The highest BCUT2D eigenvalue weighted by Gasteiger charge is 2.22. The molecule has 0 atom stereocenters. The standard InChI is InChI=1S/C13H23N5O/c1-2-3-9-15-13-17-16-11(12(19)18(13)14)10-7-5-4-6-8-10/h10H,2-9,14H2,1H3,(H,15,17). The smallest absolute Gasteiger partial charge is 0.295 e. The molecule has 1 saturated carbocycles. The number of aromatic nitrogens is 3. The summed E-state index contributed by atoms with van der Waals surface area (Å²) in [4.78, 5) is 12.2. The molecule has 1 aliphatic rings. The molecule has 0 unspecified atom stereocenters. The lowest BCUT2D eigenvalue weighted by molar-refractivity contribution is 0.428. The van der Waals surface area contributed by atoms with Crippen LogP contribution in [0.2, 0.25) is 0 Å². The van der Waals surface area contributed by atoms with E-state index in [2.05, 4.69) is 22.4 Å². The number of unbranched alkanes of at least 4 members (excludes halogenated alkanes) is 1. The van der Waals surface area contributed by atoms with Crippen molar-refractivity contribution in [1.82, 2.24) is 14.9 Å². The molecule has 2 rings (SSSR count). The number of nitrogen functional groups attached to an aromatic ring is 1. The van der Waals surface area contributed by atoms with Crippen LogP contribution in [0.15, 0.2) is 4.79 Å². The Morgan fingerprint density at radius 1 is 1.32 bits per heavy atom. The molecule has 1 heterocycles. The molecular formula is C13H23N5O. The first-order valence-electron chi connectivity index (χ1n) is 7.22. The van der Waals surface area contributed by atoms with Gasteiger partial charge in [0.1, 0.15) is 5.69 Å². The Kier molecular flexibility index (Phi) is 4.76. The van der Waals surface area contributed by atoms with Gasteiger partial charge in [-0.2, -0.15) is 4.68 Å². The fourth-order valence-corrected chi connectivity index (χ4v) is 2.54. The average Bonchev–Trinajstić information content (AvgIpc) is 2.45. The van der Waals surface area contributed by atoms with Crippen LogP contribution in [0, 0.1) is 0 Å². The van der Waals surface area contributed by atoms with E-state index >= 15 is 0 Å². The van der Waals surface area contributed by atoms with E-state index in [4.69, 9.17) is 5.84 Å². The van der Waals surface area contributed by atoms with E-state index in [0.29, 0.717) is 11.6 Å². The van der Waals surface area contributed by atoms with Gasteiger partial charge < -0.3 is 11.2 Å². The zero-order valence-corrected chi connectivity index (χ0v) is 11.6. The summed E-state index contributed by atoms with van der Waals surface area (Å²) in [6, 6.07) is 0. The number of hydrogen-bond donors (Lipinski definition) is 2. The minimum absolute atomic E-state index is 0.208. The summed E-state index contributed by atoms with van der Waals surface area (Å²) in [5.74, 6) is 6.40. The summed E-state index contributed by atoms with van der Waals surface area (Å²) in [5, 5.41) is 11.2. The van der Waals surface area contributed by atoms with Crippen molar-refractivity contribution in [2.24, 2.45) is 0 Å². The molecule has 1 aromatic rings. The van der Waals surface area contributed by atoms with Gasteiger partial charge in [0.15, 0.2) is 0 Å². The third kappa shape index (κ3) is 3.24. The van der Waals surface area contributed by atoms with Crippen LogP contribution in [-0.2, 0) is 0 Å². The third-order valence-electron chi connectivity index (χ3n) is 3.72. The van der Waals surface area contributed by atoms with Crippen molar-refractivity contribution in [2.75, 3.05) is 17.7 Å². The third-order valence-corrected chi connectivity index (χ3v) is 3.72. The van der Waals surface area contributed by atoms with E-state index in [1.807, 2.05) is 0 Å². The second-order valence-corrected chi connectivity index (χ2v) is 5.20. The van der Waals surface area contributed by atoms with Crippen LogP contribution in [0.5, 0.6) is 0 Å². The fourth-order valence-electron chi connectivity index (χ4n) is 2.54. The predicted molar refractivity (Wildman–Crippen MR) is 75.7 cm³/mol. The first-order valence-corrected chi connectivity index (χ1v) is 7.22. The quantitative estimate of drug-likeness (QED) is 0.624. The van der Waals surface area contributed by atoms with E-state index in [0.717, 1.165) is 49.7 Å². The van der Waals surface area contributed by atoms with Gasteiger partial charge in [-0.1, -0.05) is 32.6 Å². The normalized spacial score (nSPS) is 16.5. The van der Waals surface area contributed by atoms with Gasteiger partial charge in [-0.15, -0.1) is 10.2 Å². The molecule has 1 aliphatic carbocycles. The molecule has 3 N–H and O–H groups in total. The Balaban J connectivity index is 2.14. The zero-order valence-electron chi connectivity index (χ0n) is 11.6. The van der Waals surface area contributed by atoms with Crippen LogP contribution in [0.1, 0.15) is 63.5 Å². The minimum Gasteiger partial charge on any atom is -0.353 e. The van der Waals surface area contributed by atoms with E-state index in [1.165, 1.54) is 6.42 Å². The molecule has 0 aliphatic heterocycles. The maximum atomic E-state index is 12.2. The second-order valence-electron chi connectivity index (χ2n) is 5.20. The first-order chi connectivity index (χ1) is 9.24. The number of nitrogens with one attached hydrogen (secondary N) is 1. The average molecular weight is 265 g/mol. The SMILES string of the molecule is CCCCNc1nnc(C2CCCCC2)c(=O)n1N. The number of anilines is 1. The molecule has 0 aromatic carbocycles. The highest BCUT2D eigenvalue weighted by atomic mass is 16.1. The second kappa shape index (κ2) is 6.54. The summed E-state index contributed by atoms with van der Waals surface area (Å²) in [6.45, 7) is 2.86. The van der Waals surface area contributed by atoms with Crippen molar-refractivity contribution in [2.45, 2.75) is 57.8 Å². The number of hydrogen-bond acceptors (Lipinski definition) is 5. The Bertz CT molecular complexity index is 465. The molecule has 1 aromatic heterocycles. The monoisotopic (exact) mass is 265 g/mol. The van der Waals surface area contributed by atoms with Gasteiger partial charge in [0.2, 0.25) is 5.95 Å². The maximum Gasteiger partial charge on any atom is 0.295 e. The molecule has 6 heteroatoms. The number of nitrogens with two attached hydrogens (primary N) is 1. The Hall–Kier alpha value is -1.59. The summed E-state index contributed by atoms with van der Waals surface area (Å²) in [7, 11) is 0. The Morgan fingerprint density at radius 3 is 2.74 bits per heavy atom. The topological polar surface area (TPSA) is 85.8 Å². The van der Waals surface area contributed by atoms with Crippen molar-refractivity contribution < 1.29 is 0 Å². The van der Waals surface area contributed by atoms with Gasteiger partial charge in [0, 0.05) is 12.5 Å². The molecular weight excluding hydrogens is 242 g/mol. The molecule has 6 nitrogen and oxygen atoms in total. The van der Waals surface area contributed by atoms with Gasteiger partial charge in [0.05, 0.1) is 0 Å². The van der Waals surface area contributed by atoms with Gasteiger partial charge in [-0.25, -0.2) is 0 Å². The largest absolute Gasteiger partial charge is 0.353 e. The Morgan fingerprint density at radius 2 is 2.05 bits per heavy atom. The van der Waals surface area contributed by atoms with Gasteiger partial charge in [-0.3, -0.25) is 4.79 Å². The molecule has 1 fully saturated rings. The van der Waals surface area contributed by atoms with Crippen molar-refractivity contribution in [3.05, 3.63) is 16.0 Å². The van der Waals surface area contributed by atoms with Crippen LogP contribution in [-0.4, -0.2) is 21.4 Å². The lowest BCUT2D eigenvalue weighted by Gasteiger charge is -2.20. The summed E-state index contributed by atoms with van der Waals surface area (Å²) >= 11 is 0. The molecule has 0 bridgehead atoms.